The fourth-order valence-electron chi connectivity index (χ4n) is 1.35. The van der Waals surface area contributed by atoms with Gasteiger partial charge in [0.25, 0.3) is 0 Å². The Morgan fingerprint density at radius 3 is 2.44 bits per heavy atom. The quantitative estimate of drug-likeness (QED) is 0.795. The van der Waals surface area contributed by atoms with E-state index in [9.17, 15) is 9.90 Å². The maximum absolute atomic E-state index is 10.7. The maximum atomic E-state index is 10.7. The number of phenols is 1. The Labute approximate surface area is 91.0 Å². The summed E-state index contributed by atoms with van der Waals surface area (Å²) in [5.74, 6) is -1.18. The van der Waals surface area contributed by atoms with E-state index in [1.165, 1.54) is 24.5 Å². The van der Waals surface area contributed by atoms with E-state index in [-0.39, 0.29) is 11.3 Å². The van der Waals surface area contributed by atoms with Gasteiger partial charge in [-0.2, -0.15) is 0 Å². The second-order valence-electron chi connectivity index (χ2n) is 3.16. The summed E-state index contributed by atoms with van der Waals surface area (Å²) in [5, 5.41) is 18.4. The molecule has 80 valence electrons. The fourth-order valence-corrected chi connectivity index (χ4v) is 1.35. The molecule has 1 heterocycles. The molecule has 0 amide bonds. The molecule has 0 saturated heterocycles. The Kier molecular flexibility index (Phi) is 2.51. The van der Waals surface area contributed by atoms with Crippen LogP contribution >= 0.6 is 0 Å². The zero-order chi connectivity index (χ0) is 11.5. The number of aromatic nitrogens is 2. The number of carbonyl (C=O) groups is 1. The summed E-state index contributed by atoms with van der Waals surface area (Å²) in [6, 6.07) is 4.15. The van der Waals surface area contributed by atoms with E-state index in [0.717, 1.165) is 0 Å². The molecule has 5 nitrogen and oxygen atoms in total. The van der Waals surface area contributed by atoms with Gasteiger partial charge in [-0.3, -0.25) is 0 Å². The Morgan fingerprint density at radius 1 is 1.19 bits per heavy atom. The fraction of sp³-hybridized carbons (Fsp3) is 0. The zero-order valence-corrected chi connectivity index (χ0v) is 8.16. The third kappa shape index (κ3) is 1.83. The van der Waals surface area contributed by atoms with Crippen molar-refractivity contribution in [2.24, 2.45) is 0 Å². The smallest absolute Gasteiger partial charge is 0.335 e. The van der Waals surface area contributed by atoms with Crippen molar-refractivity contribution in [1.82, 2.24) is 9.97 Å². The van der Waals surface area contributed by atoms with Crippen LogP contribution in [0.4, 0.5) is 0 Å². The lowest BCUT2D eigenvalue weighted by molar-refractivity contribution is 0.0696. The van der Waals surface area contributed by atoms with Gasteiger partial charge in [-0.25, -0.2) is 14.8 Å². The molecule has 0 bridgehead atoms. The van der Waals surface area contributed by atoms with E-state index in [4.69, 9.17) is 5.11 Å². The minimum Gasteiger partial charge on any atom is -0.507 e. The molecule has 0 aliphatic rings. The van der Waals surface area contributed by atoms with E-state index in [1.54, 1.807) is 12.4 Å². The van der Waals surface area contributed by atoms with Gasteiger partial charge in [-0.1, -0.05) is 0 Å². The van der Waals surface area contributed by atoms with E-state index < -0.39 is 5.97 Å². The third-order valence-corrected chi connectivity index (χ3v) is 2.12. The highest BCUT2D eigenvalue weighted by Crippen LogP contribution is 2.28. The topological polar surface area (TPSA) is 83.3 Å². The van der Waals surface area contributed by atoms with Crippen molar-refractivity contribution in [1.29, 1.82) is 0 Å². The molecular formula is C11H8N2O3. The predicted molar refractivity (Wildman–Crippen MR) is 56.1 cm³/mol. The van der Waals surface area contributed by atoms with E-state index >= 15 is 0 Å². The molecule has 5 heteroatoms. The SMILES string of the molecule is O=C(O)c1ccc(-c2cncnc2)c(O)c1. The average molecular weight is 216 g/mol. The molecule has 1 aromatic carbocycles. The molecule has 0 spiro atoms. The first-order valence-electron chi connectivity index (χ1n) is 4.50. The Balaban J connectivity index is 2.48. The van der Waals surface area contributed by atoms with Gasteiger partial charge < -0.3 is 10.2 Å². The van der Waals surface area contributed by atoms with Crippen molar-refractivity contribution in [3.8, 4) is 16.9 Å². The summed E-state index contributed by atoms with van der Waals surface area (Å²) in [4.78, 5) is 18.3. The number of hydrogen-bond acceptors (Lipinski definition) is 4. The molecule has 1 aromatic heterocycles. The molecular weight excluding hydrogens is 208 g/mol. The molecule has 0 fully saturated rings. The van der Waals surface area contributed by atoms with Crippen molar-refractivity contribution in [3.05, 3.63) is 42.5 Å². The van der Waals surface area contributed by atoms with Crippen LogP contribution in [0.15, 0.2) is 36.9 Å². The monoisotopic (exact) mass is 216 g/mol. The number of carboxylic acids is 1. The third-order valence-electron chi connectivity index (χ3n) is 2.12. The lowest BCUT2D eigenvalue weighted by Gasteiger charge is -2.04. The highest BCUT2D eigenvalue weighted by Gasteiger charge is 2.09. The Bertz CT molecular complexity index is 526. The van der Waals surface area contributed by atoms with Gasteiger partial charge in [-0.05, 0) is 18.2 Å². The predicted octanol–water partition coefficient (Wildman–Crippen LogP) is 1.55. The first-order chi connectivity index (χ1) is 7.68. The molecule has 16 heavy (non-hydrogen) atoms. The second-order valence-corrected chi connectivity index (χ2v) is 3.16. The summed E-state index contributed by atoms with van der Waals surface area (Å²) in [7, 11) is 0. The van der Waals surface area contributed by atoms with Gasteiger partial charge >= 0.3 is 5.97 Å². The number of benzene rings is 1. The first-order valence-corrected chi connectivity index (χ1v) is 4.50. The van der Waals surface area contributed by atoms with Crippen LogP contribution in [0.25, 0.3) is 11.1 Å². The van der Waals surface area contributed by atoms with Crippen LogP contribution in [0.1, 0.15) is 10.4 Å². The number of carboxylic acid groups (broad SMARTS) is 1. The van der Waals surface area contributed by atoms with Crippen LogP contribution in [-0.4, -0.2) is 26.2 Å². The molecule has 0 unspecified atom stereocenters. The van der Waals surface area contributed by atoms with Gasteiger partial charge in [0.15, 0.2) is 0 Å². The number of phenolic OH excluding ortho intramolecular Hbond substituents is 1. The van der Waals surface area contributed by atoms with Crippen LogP contribution in [0.5, 0.6) is 5.75 Å². The number of nitrogens with zero attached hydrogens (tertiary/aromatic N) is 2. The largest absolute Gasteiger partial charge is 0.507 e. The summed E-state index contributed by atoms with van der Waals surface area (Å²) < 4.78 is 0. The Morgan fingerprint density at radius 2 is 1.88 bits per heavy atom. The Hall–Kier alpha value is -2.43. The van der Waals surface area contributed by atoms with Gasteiger partial charge in [0.05, 0.1) is 5.56 Å². The summed E-state index contributed by atoms with van der Waals surface area (Å²) >= 11 is 0. The van der Waals surface area contributed by atoms with E-state index in [0.29, 0.717) is 11.1 Å². The van der Waals surface area contributed by atoms with Gasteiger partial charge in [0.2, 0.25) is 0 Å². The van der Waals surface area contributed by atoms with Crippen molar-refractivity contribution in [2.75, 3.05) is 0 Å². The van der Waals surface area contributed by atoms with Crippen LogP contribution in [0, 0.1) is 0 Å². The summed E-state index contributed by atoms with van der Waals surface area (Å²) in [6.45, 7) is 0. The number of rotatable bonds is 2. The minimum atomic E-state index is -1.08. The summed E-state index contributed by atoms with van der Waals surface area (Å²) in [6.07, 6.45) is 4.47. The van der Waals surface area contributed by atoms with Crippen LogP contribution in [0.3, 0.4) is 0 Å². The molecule has 2 N–H and O–H groups in total. The highest BCUT2D eigenvalue weighted by molar-refractivity contribution is 5.89. The number of aromatic carboxylic acids is 1. The second kappa shape index (κ2) is 3.98. The number of hydrogen-bond donors (Lipinski definition) is 2. The van der Waals surface area contributed by atoms with E-state index in [2.05, 4.69) is 9.97 Å². The van der Waals surface area contributed by atoms with Crippen LogP contribution < -0.4 is 0 Å². The molecule has 0 saturated carbocycles. The lowest BCUT2D eigenvalue weighted by atomic mass is 10.1. The molecule has 0 atom stereocenters. The van der Waals surface area contributed by atoms with E-state index in [1.807, 2.05) is 0 Å². The van der Waals surface area contributed by atoms with Crippen LogP contribution in [0.2, 0.25) is 0 Å². The minimum absolute atomic E-state index is 0.0399. The molecule has 2 rings (SSSR count). The summed E-state index contributed by atoms with van der Waals surface area (Å²) in [5.41, 5.74) is 1.18. The lowest BCUT2D eigenvalue weighted by Crippen LogP contribution is -1.95. The van der Waals surface area contributed by atoms with Crippen molar-refractivity contribution >= 4 is 5.97 Å². The molecule has 2 aromatic rings. The van der Waals surface area contributed by atoms with Crippen molar-refractivity contribution in [3.63, 3.8) is 0 Å². The zero-order valence-electron chi connectivity index (χ0n) is 8.16. The van der Waals surface area contributed by atoms with Crippen molar-refractivity contribution < 1.29 is 15.0 Å². The van der Waals surface area contributed by atoms with Gasteiger partial charge in [0.1, 0.15) is 12.1 Å². The molecule has 0 aliphatic heterocycles. The van der Waals surface area contributed by atoms with Crippen molar-refractivity contribution in [2.45, 2.75) is 0 Å². The normalized spacial score (nSPS) is 10.0. The van der Waals surface area contributed by atoms with Gasteiger partial charge in [0, 0.05) is 23.5 Å². The molecule has 0 aliphatic carbocycles. The van der Waals surface area contributed by atoms with Gasteiger partial charge in [-0.15, -0.1) is 0 Å². The maximum Gasteiger partial charge on any atom is 0.335 e. The average Bonchev–Trinajstić information content (AvgIpc) is 2.30. The highest BCUT2D eigenvalue weighted by atomic mass is 16.4. The number of aromatic hydroxyl groups is 1. The standard InChI is InChI=1S/C11H8N2O3/c14-10-3-7(11(15)16)1-2-9(10)8-4-12-6-13-5-8/h1-6,14H,(H,15,16). The first kappa shape index (κ1) is 10.1. The van der Waals surface area contributed by atoms with Crippen LogP contribution in [-0.2, 0) is 0 Å². The molecule has 0 radical (unpaired) electrons.